The standard InChI is InChI=1S/C20H27NO3/c1-19(2,3)24-18(22)21-14-5-9-16-7-4-8-17(15-16)10-13-20(23)11-6-12-20/h4,7-8,15,23H,5-6,9,11-12,14H2,1-3H3,(H,21,22). The Morgan fingerprint density at radius 1 is 1.38 bits per heavy atom. The summed E-state index contributed by atoms with van der Waals surface area (Å²) in [4.78, 5) is 11.6. The molecule has 1 amide bonds. The summed E-state index contributed by atoms with van der Waals surface area (Å²) in [7, 11) is 0. The molecular weight excluding hydrogens is 302 g/mol. The first-order valence-corrected chi connectivity index (χ1v) is 8.57. The monoisotopic (exact) mass is 329 g/mol. The molecule has 0 spiro atoms. The molecule has 1 saturated carbocycles. The van der Waals surface area contributed by atoms with E-state index in [0.717, 1.165) is 37.7 Å². The molecule has 0 aromatic heterocycles. The zero-order valence-electron chi connectivity index (χ0n) is 14.8. The Bertz CT molecular complexity index is 630. The molecule has 0 atom stereocenters. The molecule has 0 radical (unpaired) electrons. The minimum absolute atomic E-state index is 0.379. The summed E-state index contributed by atoms with van der Waals surface area (Å²) in [6, 6.07) is 8.03. The number of rotatable bonds is 4. The van der Waals surface area contributed by atoms with Gasteiger partial charge in [0.2, 0.25) is 0 Å². The maximum Gasteiger partial charge on any atom is 0.407 e. The molecule has 4 nitrogen and oxygen atoms in total. The van der Waals surface area contributed by atoms with E-state index >= 15 is 0 Å². The lowest BCUT2D eigenvalue weighted by molar-refractivity contribution is 0.0239. The van der Waals surface area contributed by atoms with Crippen molar-refractivity contribution in [1.29, 1.82) is 0 Å². The molecule has 130 valence electrons. The van der Waals surface area contributed by atoms with Crippen LogP contribution in [0.2, 0.25) is 0 Å². The molecule has 2 N–H and O–H groups in total. The van der Waals surface area contributed by atoms with Crippen LogP contribution < -0.4 is 5.32 Å². The molecule has 0 aliphatic heterocycles. The number of ether oxygens (including phenoxy) is 1. The van der Waals surface area contributed by atoms with E-state index < -0.39 is 11.2 Å². The van der Waals surface area contributed by atoms with Crippen LogP contribution in [0.3, 0.4) is 0 Å². The van der Waals surface area contributed by atoms with Crippen molar-refractivity contribution < 1.29 is 14.6 Å². The van der Waals surface area contributed by atoms with E-state index in [1.807, 2.05) is 39.0 Å². The highest BCUT2D eigenvalue weighted by atomic mass is 16.6. The average Bonchev–Trinajstić information content (AvgIpc) is 2.46. The molecule has 24 heavy (non-hydrogen) atoms. The topological polar surface area (TPSA) is 58.6 Å². The number of aryl methyl sites for hydroxylation is 1. The molecule has 1 fully saturated rings. The molecule has 4 heteroatoms. The number of amides is 1. The van der Waals surface area contributed by atoms with Gasteiger partial charge in [-0.25, -0.2) is 4.79 Å². The molecule has 1 aromatic rings. The second kappa shape index (κ2) is 7.72. The van der Waals surface area contributed by atoms with Crippen LogP contribution in [-0.4, -0.2) is 28.9 Å². The summed E-state index contributed by atoms with van der Waals surface area (Å²) in [6.45, 7) is 6.11. The molecule has 0 bridgehead atoms. The van der Waals surface area contributed by atoms with Crippen molar-refractivity contribution in [3.05, 3.63) is 35.4 Å². The molecule has 1 aliphatic rings. The molecule has 2 rings (SSSR count). The average molecular weight is 329 g/mol. The van der Waals surface area contributed by atoms with Crippen LogP contribution in [0.1, 0.15) is 57.6 Å². The second-order valence-corrected chi connectivity index (χ2v) is 7.37. The van der Waals surface area contributed by atoms with Gasteiger partial charge in [0.05, 0.1) is 0 Å². The molecule has 0 saturated heterocycles. The Kier molecular flexibility index (Phi) is 5.90. The molecule has 0 unspecified atom stereocenters. The van der Waals surface area contributed by atoms with Crippen LogP contribution in [-0.2, 0) is 11.2 Å². The fraction of sp³-hybridized carbons (Fsp3) is 0.550. The van der Waals surface area contributed by atoms with Crippen LogP contribution in [0.5, 0.6) is 0 Å². The third kappa shape index (κ3) is 6.25. The minimum Gasteiger partial charge on any atom is -0.444 e. The number of alkyl carbamates (subject to hydrolysis) is 1. The minimum atomic E-state index is -0.770. The highest BCUT2D eigenvalue weighted by Gasteiger charge is 2.32. The number of carbonyl (C=O) groups is 1. The summed E-state index contributed by atoms with van der Waals surface area (Å²) in [6.07, 6.45) is 3.91. The van der Waals surface area contributed by atoms with Gasteiger partial charge in [-0.2, -0.15) is 0 Å². The van der Waals surface area contributed by atoms with E-state index in [1.54, 1.807) is 0 Å². The zero-order chi connectivity index (χ0) is 17.6. The van der Waals surface area contributed by atoms with Crippen molar-refractivity contribution in [3.63, 3.8) is 0 Å². The maximum absolute atomic E-state index is 11.6. The Balaban J connectivity index is 1.77. The van der Waals surface area contributed by atoms with Gasteiger partial charge in [-0.15, -0.1) is 0 Å². The number of hydrogen-bond donors (Lipinski definition) is 2. The van der Waals surface area contributed by atoms with Crippen molar-refractivity contribution in [3.8, 4) is 11.8 Å². The van der Waals surface area contributed by atoms with E-state index in [4.69, 9.17) is 4.74 Å². The largest absolute Gasteiger partial charge is 0.444 e. The van der Waals surface area contributed by atoms with Gasteiger partial charge in [0.15, 0.2) is 0 Å². The Morgan fingerprint density at radius 2 is 2.12 bits per heavy atom. The maximum atomic E-state index is 11.6. The third-order valence-corrected chi connectivity index (χ3v) is 3.86. The highest BCUT2D eigenvalue weighted by molar-refractivity contribution is 5.67. The van der Waals surface area contributed by atoms with Crippen LogP contribution in [0.25, 0.3) is 0 Å². The van der Waals surface area contributed by atoms with E-state index in [2.05, 4.69) is 23.2 Å². The molecule has 1 aliphatic carbocycles. The number of nitrogens with one attached hydrogen (secondary N) is 1. The first-order valence-electron chi connectivity index (χ1n) is 8.57. The van der Waals surface area contributed by atoms with Crippen LogP contribution in [0.15, 0.2) is 24.3 Å². The van der Waals surface area contributed by atoms with Gasteiger partial charge in [-0.3, -0.25) is 0 Å². The third-order valence-electron chi connectivity index (χ3n) is 3.86. The predicted octanol–water partition coefficient (Wildman–Crippen LogP) is 3.41. The fourth-order valence-corrected chi connectivity index (χ4v) is 2.43. The van der Waals surface area contributed by atoms with E-state index in [-0.39, 0.29) is 6.09 Å². The first-order chi connectivity index (χ1) is 11.3. The number of hydrogen-bond acceptors (Lipinski definition) is 3. The summed E-state index contributed by atoms with van der Waals surface area (Å²) in [5, 5.41) is 12.8. The SMILES string of the molecule is CC(C)(C)OC(=O)NCCCc1cccc(C#CC2(O)CCC2)c1. The van der Waals surface area contributed by atoms with Gasteiger partial charge in [0, 0.05) is 12.1 Å². The van der Waals surface area contributed by atoms with Crippen LogP contribution in [0, 0.1) is 11.8 Å². The van der Waals surface area contributed by atoms with Crippen molar-refractivity contribution in [2.24, 2.45) is 0 Å². The van der Waals surface area contributed by atoms with E-state index in [0.29, 0.717) is 6.54 Å². The lowest BCUT2D eigenvalue weighted by Crippen LogP contribution is -2.34. The smallest absolute Gasteiger partial charge is 0.407 e. The molecular formula is C20H27NO3. The van der Waals surface area contributed by atoms with Gasteiger partial charge in [0.25, 0.3) is 0 Å². The highest BCUT2D eigenvalue weighted by Crippen LogP contribution is 2.30. The van der Waals surface area contributed by atoms with Crippen molar-refractivity contribution >= 4 is 6.09 Å². The van der Waals surface area contributed by atoms with Gasteiger partial charge < -0.3 is 15.2 Å². The first kappa shape index (κ1) is 18.4. The number of carbonyl (C=O) groups excluding carboxylic acids is 1. The number of benzene rings is 1. The lowest BCUT2D eigenvalue weighted by Gasteiger charge is -2.30. The van der Waals surface area contributed by atoms with Gasteiger partial charge >= 0.3 is 6.09 Å². The van der Waals surface area contributed by atoms with Crippen LogP contribution in [0.4, 0.5) is 4.79 Å². The Labute approximate surface area is 144 Å². The summed E-state index contributed by atoms with van der Waals surface area (Å²) >= 11 is 0. The van der Waals surface area contributed by atoms with E-state index in [9.17, 15) is 9.90 Å². The summed E-state index contributed by atoms with van der Waals surface area (Å²) in [5.41, 5.74) is 0.857. The normalized spacial score (nSPS) is 15.7. The summed E-state index contributed by atoms with van der Waals surface area (Å²) in [5.74, 6) is 6.05. The van der Waals surface area contributed by atoms with Gasteiger partial charge in [0.1, 0.15) is 11.2 Å². The van der Waals surface area contributed by atoms with Gasteiger partial charge in [-0.1, -0.05) is 24.0 Å². The summed E-state index contributed by atoms with van der Waals surface area (Å²) < 4.78 is 5.20. The van der Waals surface area contributed by atoms with E-state index in [1.165, 1.54) is 5.56 Å². The zero-order valence-corrected chi connectivity index (χ0v) is 14.8. The van der Waals surface area contributed by atoms with Gasteiger partial charge in [-0.05, 0) is 70.6 Å². The van der Waals surface area contributed by atoms with Crippen molar-refractivity contribution in [2.75, 3.05) is 6.54 Å². The number of aliphatic hydroxyl groups is 1. The lowest BCUT2D eigenvalue weighted by atomic mass is 9.81. The predicted molar refractivity (Wildman–Crippen MR) is 94.7 cm³/mol. The van der Waals surface area contributed by atoms with Crippen molar-refractivity contribution in [1.82, 2.24) is 5.32 Å². The fourth-order valence-electron chi connectivity index (χ4n) is 2.43. The quantitative estimate of drug-likeness (QED) is 0.657. The molecule has 1 aromatic carbocycles. The van der Waals surface area contributed by atoms with Crippen molar-refractivity contribution in [2.45, 2.75) is 64.1 Å². The Hall–Kier alpha value is -1.99. The Morgan fingerprint density at radius 3 is 2.75 bits per heavy atom. The van der Waals surface area contributed by atoms with Crippen LogP contribution >= 0.6 is 0 Å². The molecule has 0 heterocycles. The second-order valence-electron chi connectivity index (χ2n) is 7.37.